The highest BCUT2D eigenvalue weighted by Gasteiger charge is 2.09. The number of aromatic nitrogens is 1. The van der Waals surface area contributed by atoms with E-state index in [-0.39, 0.29) is 5.69 Å². The van der Waals surface area contributed by atoms with Gasteiger partial charge in [0.05, 0.1) is 10.6 Å². The van der Waals surface area contributed by atoms with Gasteiger partial charge >= 0.3 is 0 Å². The monoisotopic (exact) mass is 349 g/mol. The minimum absolute atomic E-state index is 0.0867. The van der Waals surface area contributed by atoms with Gasteiger partial charge in [-0.15, -0.1) is 0 Å². The van der Waals surface area contributed by atoms with E-state index in [0.717, 1.165) is 22.2 Å². The number of nitrogens with one attached hydrogen (secondary N) is 1. The number of non-ortho nitro benzene ring substituents is 1. The fourth-order valence-electron chi connectivity index (χ4n) is 2.06. The van der Waals surface area contributed by atoms with Crippen LogP contribution in [0.3, 0.4) is 0 Å². The average Bonchev–Trinajstić information content (AvgIpc) is 2.49. The van der Waals surface area contributed by atoms with E-state index < -0.39 is 4.92 Å². The van der Waals surface area contributed by atoms with E-state index in [1.807, 2.05) is 6.07 Å². The summed E-state index contributed by atoms with van der Waals surface area (Å²) in [5.41, 5.74) is 3.34. The van der Waals surface area contributed by atoms with E-state index in [0.29, 0.717) is 13.1 Å². The molecular formula is C15H16BrN3O2. The first-order valence-corrected chi connectivity index (χ1v) is 7.47. The lowest BCUT2D eigenvalue weighted by atomic mass is 10.1. The van der Waals surface area contributed by atoms with Gasteiger partial charge in [0.25, 0.3) is 5.69 Å². The van der Waals surface area contributed by atoms with Crippen LogP contribution in [0.25, 0.3) is 0 Å². The van der Waals surface area contributed by atoms with E-state index in [4.69, 9.17) is 0 Å². The van der Waals surface area contributed by atoms with Gasteiger partial charge in [-0.25, -0.2) is 0 Å². The molecule has 1 heterocycles. The predicted molar refractivity (Wildman–Crippen MR) is 85.0 cm³/mol. The van der Waals surface area contributed by atoms with E-state index >= 15 is 0 Å². The molecule has 21 heavy (non-hydrogen) atoms. The van der Waals surface area contributed by atoms with Crippen LogP contribution in [0.1, 0.15) is 23.7 Å². The second-order valence-corrected chi connectivity index (χ2v) is 5.45. The Morgan fingerprint density at radius 1 is 1.29 bits per heavy atom. The van der Waals surface area contributed by atoms with Crippen LogP contribution < -0.4 is 5.32 Å². The predicted octanol–water partition coefficient (Wildman–Crippen LogP) is 3.60. The summed E-state index contributed by atoms with van der Waals surface area (Å²) in [5, 5.41) is 14.0. The second-order valence-electron chi connectivity index (χ2n) is 4.60. The summed E-state index contributed by atoms with van der Waals surface area (Å²) in [7, 11) is 0. The van der Waals surface area contributed by atoms with Gasteiger partial charge in [0.2, 0.25) is 0 Å². The summed E-state index contributed by atoms with van der Waals surface area (Å²) in [6.45, 7) is 3.40. The Balaban J connectivity index is 1.99. The van der Waals surface area contributed by atoms with Crippen LogP contribution in [0.5, 0.6) is 0 Å². The normalized spacial score (nSPS) is 10.6. The number of nitro benzene ring substituents is 1. The topological polar surface area (TPSA) is 68.1 Å². The molecule has 0 amide bonds. The van der Waals surface area contributed by atoms with Crippen molar-refractivity contribution in [3.05, 3.63) is 67.9 Å². The Hall–Kier alpha value is -1.79. The van der Waals surface area contributed by atoms with Gasteiger partial charge < -0.3 is 5.32 Å². The lowest BCUT2D eigenvalue weighted by molar-refractivity contribution is -0.384. The van der Waals surface area contributed by atoms with Gasteiger partial charge in [0, 0.05) is 35.9 Å². The van der Waals surface area contributed by atoms with Crippen LogP contribution in [-0.4, -0.2) is 9.91 Å². The van der Waals surface area contributed by atoms with Crippen LogP contribution in [-0.2, 0) is 19.5 Å². The van der Waals surface area contributed by atoms with Crippen LogP contribution in [0, 0.1) is 10.1 Å². The molecule has 0 atom stereocenters. The maximum atomic E-state index is 10.7. The number of hydrogen-bond donors (Lipinski definition) is 1. The van der Waals surface area contributed by atoms with E-state index in [1.54, 1.807) is 12.3 Å². The van der Waals surface area contributed by atoms with Crippen molar-refractivity contribution in [1.29, 1.82) is 0 Å². The molecule has 1 N–H and O–H groups in total. The molecule has 0 radical (unpaired) electrons. The quantitative estimate of drug-likeness (QED) is 0.638. The maximum absolute atomic E-state index is 10.7. The van der Waals surface area contributed by atoms with Crippen molar-refractivity contribution in [3.8, 4) is 0 Å². The van der Waals surface area contributed by atoms with E-state index in [2.05, 4.69) is 39.2 Å². The maximum Gasteiger partial charge on any atom is 0.270 e. The Morgan fingerprint density at radius 3 is 2.76 bits per heavy atom. The highest BCUT2D eigenvalue weighted by Crippen LogP contribution is 2.22. The SMILES string of the molecule is CCc1cccnc1CNCc1ccc([N+](=O)[O-])cc1Br. The molecule has 1 aromatic heterocycles. The zero-order chi connectivity index (χ0) is 15.2. The van der Waals surface area contributed by atoms with Crippen molar-refractivity contribution in [2.75, 3.05) is 0 Å². The van der Waals surface area contributed by atoms with Crippen molar-refractivity contribution in [2.24, 2.45) is 0 Å². The molecule has 0 aliphatic heterocycles. The van der Waals surface area contributed by atoms with Crippen LogP contribution in [0.15, 0.2) is 41.0 Å². The largest absolute Gasteiger partial charge is 0.307 e. The molecule has 0 spiro atoms. The highest BCUT2D eigenvalue weighted by atomic mass is 79.9. The van der Waals surface area contributed by atoms with Crippen LogP contribution >= 0.6 is 15.9 Å². The summed E-state index contributed by atoms with van der Waals surface area (Å²) >= 11 is 3.37. The number of aryl methyl sites for hydroxylation is 1. The van der Waals surface area contributed by atoms with Crippen molar-refractivity contribution in [1.82, 2.24) is 10.3 Å². The summed E-state index contributed by atoms with van der Waals surface area (Å²) in [5.74, 6) is 0. The van der Waals surface area contributed by atoms with Crippen molar-refractivity contribution < 1.29 is 4.92 Å². The van der Waals surface area contributed by atoms with E-state index in [9.17, 15) is 10.1 Å². The fourth-order valence-corrected chi connectivity index (χ4v) is 2.57. The molecule has 2 rings (SSSR count). The number of halogens is 1. The number of nitro groups is 1. The fraction of sp³-hybridized carbons (Fsp3) is 0.267. The Labute approximate surface area is 131 Å². The highest BCUT2D eigenvalue weighted by molar-refractivity contribution is 9.10. The van der Waals surface area contributed by atoms with Gasteiger partial charge in [0.1, 0.15) is 0 Å². The third-order valence-electron chi connectivity index (χ3n) is 3.22. The molecular weight excluding hydrogens is 334 g/mol. The minimum atomic E-state index is -0.399. The first-order chi connectivity index (χ1) is 10.1. The molecule has 0 saturated carbocycles. The zero-order valence-electron chi connectivity index (χ0n) is 11.7. The second kappa shape index (κ2) is 7.28. The lowest BCUT2D eigenvalue weighted by Crippen LogP contribution is -2.15. The minimum Gasteiger partial charge on any atom is -0.307 e. The Morgan fingerprint density at radius 2 is 2.10 bits per heavy atom. The zero-order valence-corrected chi connectivity index (χ0v) is 13.3. The van der Waals surface area contributed by atoms with E-state index in [1.165, 1.54) is 17.7 Å². The third-order valence-corrected chi connectivity index (χ3v) is 3.96. The first-order valence-electron chi connectivity index (χ1n) is 6.68. The van der Waals surface area contributed by atoms with Crippen LogP contribution in [0.2, 0.25) is 0 Å². The van der Waals surface area contributed by atoms with Crippen molar-refractivity contribution in [3.63, 3.8) is 0 Å². The van der Waals surface area contributed by atoms with Gasteiger partial charge in [-0.05, 0) is 29.7 Å². The van der Waals surface area contributed by atoms with Crippen LogP contribution in [0.4, 0.5) is 5.69 Å². The first kappa shape index (κ1) is 15.6. The van der Waals surface area contributed by atoms with Gasteiger partial charge in [-0.1, -0.05) is 28.9 Å². The number of benzene rings is 1. The summed E-state index contributed by atoms with van der Waals surface area (Å²) in [4.78, 5) is 14.7. The lowest BCUT2D eigenvalue weighted by Gasteiger charge is -2.09. The number of hydrogen-bond acceptors (Lipinski definition) is 4. The number of nitrogens with zero attached hydrogens (tertiary/aromatic N) is 2. The molecule has 0 unspecified atom stereocenters. The van der Waals surface area contributed by atoms with Gasteiger partial charge in [-0.2, -0.15) is 0 Å². The average molecular weight is 350 g/mol. The molecule has 0 saturated heterocycles. The summed E-state index contributed by atoms with van der Waals surface area (Å²) in [6.07, 6.45) is 2.74. The Kier molecular flexibility index (Phi) is 5.41. The van der Waals surface area contributed by atoms with Gasteiger partial charge in [-0.3, -0.25) is 15.1 Å². The molecule has 110 valence electrons. The van der Waals surface area contributed by atoms with Gasteiger partial charge in [0.15, 0.2) is 0 Å². The molecule has 0 aliphatic rings. The summed E-state index contributed by atoms with van der Waals surface area (Å²) in [6, 6.07) is 8.81. The smallest absolute Gasteiger partial charge is 0.270 e. The third kappa shape index (κ3) is 4.09. The molecule has 0 aliphatic carbocycles. The van der Waals surface area contributed by atoms with Crippen molar-refractivity contribution in [2.45, 2.75) is 26.4 Å². The number of rotatable bonds is 6. The Bertz CT molecular complexity index is 647. The molecule has 6 heteroatoms. The van der Waals surface area contributed by atoms with Crippen molar-refractivity contribution >= 4 is 21.6 Å². The summed E-state index contributed by atoms with van der Waals surface area (Å²) < 4.78 is 0.737. The standard InChI is InChI=1S/C15H16BrN3O2/c1-2-11-4-3-7-18-15(11)10-17-9-12-5-6-13(19(20)21)8-14(12)16/h3-8,17H,2,9-10H2,1H3. The molecule has 0 fully saturated rings. The number of pyridine rings is 1. The molecule has 5 nitrogen and oxygen atoms in total. The molecule has 1 aromatic carbocycles. The molecule has 0 bridgehead atoms. The molecule has 2 aromatic rings.